The van der Waals surface area contributed by atoms with E-state index in [0.717, 1.165) is 19.0 Å². The van der Waals surface area contributed by atoms with Gasteiger partial charge in [0.1, 0.15) is 0 Å². The standard InChI is InChI=1S/C18H17N3/c1-13-6-8-14(9-7-13)17-12-15-4-2-3-5-16(15)21(17)18-19-10-11-20-18/h2-9,12H,10-11H2,1H3,(H,19,20). The van der Waals surface area contributed by atoms with Gasteiger partial charge in [-0.3, -0.25) is 9.56 Å². The molecule has 104 valence electrons. The normalized spacial score (nSPS) is 14.2. The van der Waals surface area contributed by atoms with E-state index in [1.54, 1.807) is 0 Å². The minimum absolute atomic E-state index is 0.842. The summed E-state index contributed by atoms with van der Waals surface area (Å²) in [5.41, 5.74) is 4.87. The summed E-state index contributed by atoms with van der Waals surface area (Å²) in [6.07, 6.45) is 0. The average molecular weight is 275 g/mol. The molecule has 3 aromatic rings. The molecule has 2 aromatic carbocycles. The Balaban J connectivity index is 1.99. The summed E-state index contributed by atoms with van der Waals surface area (Å²) < 4.78 is 2.23. The first-order valence-corrected chi connectivity index (χ1v) is 7.29. The molecule has 0 unspecified atom stereocenters. The SMILES string of the molecule is Cc1ccc(-c2cc3ccccc3n2C2=NCCN2)cc1. The predicted molar refractivity (Wildman–Crippen MR) is 87.8 cm³/mol. The van der Waals surface area contributed by atoms with Gasteiger partial charge in [0.05, 0.1) is 17.8 Å². The lowest BCUT2D eigenvalue weighted by Crippen LogP contribution is -2.26. The second-order valence-corrected chi connectivity index (χ2v) is 5.42. The fraction of sp³-hybridized carbons (Fsp3) is 0.167. The molecule has 0 bridgehead atoms. The van der Waals surface area contributed by atoms with Crippen LogP contribution in [-0.2, 0) is 0 Å². The smallest absolute Gasteiger partial charge is 0.203 e. The van der Waals surface area contributed by atoms with Crippen LogP contribution in [0.1, 0.15) is 5.56 Å². The molecule has 0 amide bonds. The Hall–Kier alpha value is -2.55. The molecule has 0 spiro atoms. The van der Waals surface area contributed by atoms with Crippen LogP contribution in [0.3, 0.4) is 0 Å². The van der Waals surface area contributed by atoms with Crippen molar-refractivity contribution in [2.24, 2.45) is 4.99 Å². The number of aryl methyl sites for hydroxylation is 1. The lowest BCUT2D eigenvalue weighted by Gasteiger charge is -2.11. The van der Waals surface area contributed by atoms with Crippen molar-refractivity contribution in [2.45, 2.75) is 6.92 Å². The van der Waals surface area contributed by atoms with Gasteiger partial charge in [-0.1, -0.05) is 48.0 Å². The van der Waals surface area contributed by atoms with Crippen LogP contribution in [0, 0.1) is 6.92 Å². The Kier molecular flexibility index (Phi) is 2.78. The third-order valence-electron chi connectivity index (χ3n) is 3.93. The summed E-state index contributed by atoms with van der Waals surface area (Å²) in [6, 6.07) is 19.4. The summed E-state index contributed by atoms with van der Waals surface area (Å²) in [4.78, 5) is 4.60. The van der Waals surface area contributed by atoms with Crippen molar-refractivity contribution in [1.29, 1.82) is 0 Å². The van der Waals surface area contributed by atoms with Gasteiger partial charge in [0, 0.05) is 11.9 Å². The highest BCUT2D eigenvalue weighted by Gasteiger charge is 2.16. The Morgan fingerprint density at radius 2 is 1.86 bits per heavy atom. The molecule has 3 heteroatoms. The van der Waals surface area contributed by atoms with E-state index >= 15 is 0 Å². The van der Waals surface area contributed by atoms with E-state index in [-0.39, 0.29) is 0 Å². The lowest BCUT2D eigenvalue weighted by atomic mass is 10.1. The first kappa shape index (κ1) is 12.2. The Morgan fingerprint density at radius 3 is 2.62 bits per heavy atom. The van der Waals surface area contributed by atoms with Crippen LogP contribution in [0.15, 0.2) is 59.6 Å². The maximum atomic E-state index is 4.60. The van der Waals surface area contributed by atoms with Crippen LogP contribution >= 0.6 is 0 Å². The van der Waals surface area contributed by atoms with Gasteiger partial charge in [-0.15, -0.1) is 0 Å². The second kappa shape index (κ2) is 4.77. The van der Waals surface area contributed by atoms with Gasteiger partial charge in [-0.2, -0.15) is 0 Å². The first-order chi connectivity index (χ1) is 10.3. The molecule has 1 aromatic heterocycles. The molecular weight excluding hydrogens is 258 g/mol. The van der Waals surface area contributed by atoms with Gasteiger partial charge >= 0.3 is 0 Å². The number of nitrogens with one attached hydrogen (secondary N) is 1. The number of aliphatic imine (C=N–C) groups is 1. The first-order valence-electron chi connectivity index (χ1n) is 7.29. The number of benzene rings is 2. The van der Waals surface area contributed by atoms with Crippen LogP contribution in [0.25, 0.3) is 22.2 Å². The minimum Gasteiger partial charge on any atom is -0.354 e. The maximum Gasteiger partial charge on any atom is 0.203 e. The van der Waals surface area contributed by atoms with Crippen LogP contribution in [-0.4, -0.2) is 23.6 Å². The van der Waals surface area contributed by atoms with Gasteiger partial charge in [0.15, 0.2) is 0 Å². The second-order valence-electron chi connectivity index (χ2n) is 5.42. The highest BCUT2D eigenvalue weighted by molar-refractivity contribution is 6.00. The third kappa shape index (κ3) is 2.02. The molecule has 0 aliphatic carbocycles. The third-order valence-corrected chi connectivity index (χ3v) is 3.93. The van der Waals surface area contributed by atoms with Crippen LogP contribution in [0.4, 0.5) is 0 Å². The summed E-state index contributed by atoms with van der Waals surface area (Å²) in [6.45, 7) is 3.87. The monoisotopic (exact) mass is 275 g/mol. The molecule has 3 nitrogen and oxygen atoms in total. The summed E-state index contributed by atoms with van der Waals surface area (Å²) >= 11 is 0. The average Bonchev–Trinajstić information content (AvgIpc) is 3.14. The van der Waals surface area contributed by atoms with E-state index in [9.17, 15) is 0 Å². The number of fused-ring (bicyclic) bond motifs is 1. The van der Waals surface area contributed by atoms with Crippen molar-refractivity contribution in [3.8, 4) is 11.3 Å². The maximum absolute atomic E-state index is 4.60. The molecule has 1 aliphatic heterocycles. The Labute approximate surface area is 123 Å². The number of nitrogens with zero attached hydrogens (tertiary/aromatic N) is 2. The van der Waals surface area contributed by atoms with Crippen molar-refractivity contribution in [1.82, 2.24) is 9.88 Å². The lowest BCUT2D eigenvalue weighted by molar-refractivity contribution is 0.945. The highest BCUT2D eigenvalue weighted by atomic mass is 15.3. The molecule has 0 saturated heterocycles. The van der Waals surface area contributed by atoms with Gasteiger partial charge < -0.3 is 5.32 Å². The Morgan fingerprint density at radius 1 is 1.05 bits per heavy atom. The highest BCUT2D eigenvalue weighted by Crippen LogP contribution is 2.28. The molecule has 0 fully saturated rings. The zero-order valence-electron chi connectivity index (χ0n) is 12.0. The number of hydrogen-bond acceptors (Lipinski definition) is 2. The van der Waals surface area contributed by atoms with Gasteiger partial charge in [-0.05, 0) is 24.6 Å². The number of aromatic nitrogens is 1. The molecule has 4 rings (SSSR count). The van der Waals surface area contributed by atoms with Crippen LogP contribution < -0.4 is 5.32 Å². The van der Waals surface area contributed by atoms with Crippen molar-refractivity contribution < 1.29 is 0 Å². The molecule has 1 N–H and O–H groups in total. The number of hydrogen-bond donors (Lipinski definition) is 1. The van der Waals surface area contributed by atoms with E-state index < -0.39 is 0 Å². The zero-order valence-corrected chi connectivity index (χ0v) is 12.0. The molecule has 2 heterocycles. The van der Waals surface area contributed by atoms with Gasteiger partial charge in [0.25, 0.3) is 0 Å². The molecule has 1 aliphatic rings. The molecule has 21 heavy (non-hydrogen) atoms. The van der Waals surface area contributed by atoms with Gasteiger partial charge in [0.2, 0.25) is 5.96 Å². The number of rotatable bonds is 1. The van der Waals surface area contributed by atoms with Crippen molar-refractivity contribution in [3.05, 3.63) is 60.2 Å². The summed E-state index contributed by atoms with van der Waals surface area (Å²) in [5, 5.41) is 4.63. The molecule has 0 radical (unpaired) electrons. The van der Waals surface area contributed by atoms with E-state index in [1.807, 2.05) is 0 Å². The molecule has 0 atom stereocenters. The van der Waals surface area contributed by atoms with Gasteiger partial charge in [-0.25, -0.2) is 0 Å². The Bertz CT molecular complexity index is 825. The minimum atomic E-state index is 0.842. The van der Waals surface area contributed by atoms with E-state index in [0.29, 0.717) is 0 Å². The number of para-hydroxylation sites is 1. The van der Waals surface area contributed by atoms with Crippen molar-refractivity contribution >= 4 is 16.9 Å². The predicted octanol–water partition coefficient (Wildman–Crippen LogP) is 3.42. The fourth-order valence-corrected chi connectivity index (χ4v) is 2.85. The van der Waals surface area contributed by atoms with Crippen molar-refractivity contribution in [2.75, 3.05) is 13.1 Å². The summed E-state index contributed by atoms with van der Waals surface area (Å²) in [5.74, 6) is 0.951. The quantitative estimate of drug-likeness (QED) is 0.724. The fourth-order valence-electron chi connectivity index (χ4n) is 2.85. The van der Waals surface area contributed by atoms with E-state index in [4.69, 9.17) is 0 Å². The van der Waals surface area contributed by atoms with Crippen LogP contribution in [0.5, 0.6) is 0 Å². The van der Waals surface area contributed by atoms with E-state index in [2.05, 4.69) is 76.4 Å². The largest absolute Gasteiger partial charge is 0.354 e. The van der Waals surface area contributed by atoms with Crippen LogP contribution in [0.2, 0.25) is 0 Å². The molecular formula is C18H17N3. The summed E-state index contributed by atoms with van der Waals surface area (Å²) in [7, 11) is 0. The van der Waals surface area contributed by atoms with Crippen molar-refractivity contribution in [3.63, 3.8) is 0 Å². The molecule has 0 saturated carbocycles. The van der Waals surface area contributed by atoms with E-state index in [1.165, 1.54) is 27.7 Å². The zero-order chi connectivity index (χ0) is 14.2. The topological polar surface area (TPSA) is 29.3 Å².